The lowest BCUT2D eigenvalue weighted by Crippen LogP contribution is -2.48. The van der Waals surface area contributed by atoms with Crippen molar-refractivity contribution in [1.82, 2.24) is 0 Å². The fraction of sp³-hybridized carbons (Fsp3) is 0.867. The molecule has 0 saturated heterocycles. The van der Waals surface area contributed by atoms with Crippen molar-refractivity contribution in [3.63, 3.8) is 0 Å². The molecule has 1 nitrogen and oxygen atoms in total. The molecule has 0 spiro atoms. The molecule has 2 rings (SSSR count). The molecular formula is C15H26O. The summed E-state index contributed by atoms with van der Waals surface area (Å²) in [4.78, 5) is 0. The van der Waals surface area contributed by atoms with Crippen LogP contribution < -0.4 is 0 Å². The van der Waals surface area contributed by atoms with Crippen LogP contribution in [0.2, 0.25) is 0 Å². The van der Waals surface area contributed by atoms with Gasteiger partial charge in [0, 0.05) is 0 Å². The third kappa shape index (κ3) is 2.07. The van der Waals surface area contributed by atoms with Gasteiger partial charge in [-0.2, -0.15) is 0 Å². The third-order valence-corrected chi connectivity index (χ3v) is 4.92. The van der Waals surface area contributed by atoms with Gasteiger partial charge in [0.25, 0.3) is 0 Å². The minimum Gasteiger partial charge on any atom is -0.390 e. The summed E-state index contributed by atoms with van der Waals surface area (Å²) in [6.45, 7) is 8.96. The number of hydrogen-bond donors (Lipinski definition) is 1. The molecule has 0 aromatic carbocycles. The smallest absolute Gasteiger partial charge is 0.0653 e. The Morgan fingerprint density at radius 3 is 2.69 bits per heavy atom. The van der Waals surface area contributed by atoms with Crippen molar-refractivity contribution >= 4 is 0 Å². The average Bonchev–Trinajstić information content (AvgIpc) is 2.16. The lowest BCUT2D eigenvalue weighted by atomic mass is 9.58. The average molecular weight is 222 g/mol. The number of fused-ring (bicyclic) bond motifs is 1. The van der Waals surface area contributed by atoms with Gasteiger partial charge in [-0.25, -0.2) is 0 Å². The van der Waals surface area contributed by atoms with E-state index in [-0.39, 0.29) is 0 Å². The molecule has 0 aromatic heterocycles. The van der Waals surface area contributed by atoms with Crippen molar-refractivity contribution in [1.29, 1.82) is 0 Å². The van der Waals surface area contributed by atoms with Crippen LogP contribution in [0.5, 0.6) is 0 Å². The standard InChI is InChI=1S/C15H26O/c1-10(2)12-7-8-15(4,16)14-6-5-11(3)9-13(12)14/h9-10,12-14,16H,5-8H2,1-4H3/t12-,13+,14+,15+/m0/s1. The maximum atomic E-state index is 10.5. The first-order valence-corrected chi connectivity index (χ1v) is 6.81. The van der Waals surface area contributed by atoms with Crippen LogP contribution in [0.15, 0.2) is 11.6 Å². The van der Waals surface area contributed by atoms with Gasteiger partial charge in [-0.05, 0) is 63.2 Å². The Labute approximate surface area is 99.9 Å². The Morgan fingerprint density at radius 1 is 1.38 bits per heavy atom. The summed E-state index contributed by atoms with van der Waals surface area (Å²) in [5, 5.41) is 10.5. The first-order chi connectivity index (χ1) is 7.42. The zero-order chi connectivity index (χ0) is 11.9. The summed E-state index contributed by atoms with van der Waals surface area (Å²) in [6, 6.07) is 0. The number of hydrogen-bond acceptors (Lipinski definition) is 1. The minimum atomic E-state index is -0.423. The molecule has 0 radical (unpaired) electrons. The Kier molecular flexibility index (Phi) is 3.18. The third-order valence-electron chi connectivity index (χ3n) is 4.92. The van der Waals surface area contributed by atoms with Crippen LogP contribution in [0, 0.1) is 23.7 Å². The van der Waals surface area contributed by atoms with Crippen molar-refractivity contribution in [3.05, 3.63) is 11.6 Å². The largest absolute Gasteiger partial charge is 0.390 e. The fourth-order valence-electron chi connectivity index (χ4n) is 3.87. The molecule has 1 N–H and O–H groups in total. The summed E-state index contributed by atoms with van der Waals surface area (Å²) in [5.41, 5.74) is 1.11. The van der Waals surface area contributed by atoms with Crippen LogP contribution in [-0.4, -0.2) is 10.7 Å². The summed E-state index contributed by atoms with van der Waals surface area (Å²) in [6.07, 6.45) is 7.01. The van der Waals surface area contributed by atoms with E-state index in [4.69, 9.17) is 0 Å². The topological polar surface area (TPSA) is 20.2 Å². The van der Waals surface area contributed by atoms with E-state index in [1.165, 1.54) is 24.8 Å². The van der Waals surface area contributed by atoms with Crippen molar-refractivity contribution in [2.24, 2.45) is 23.7 Å². The van der Waals surface area contributed by atoms with Crippen molar-refractivity contribution in [3.8, 4) is 0 Å². The molecule has 4 atom stereocenters. The summed E-state index contributed by atoms with van der Waals surface area (Å²) < 4.78 is 0. The minimum absolute atomic E-state index is 0.423. The van der Waals surface area contributed by atoms with E-state index in [9.17, 15) is 5.11 Å². The number of aliphatic hydroxyl groups is 1. The predicted octanol–water partition coefficient (Wildman–Crippen LogP) is 3.78. The summed E-state index contributed by atoms with van der Waals surface area (Å²) in [7, 11) is 0. The van der Waals surface area contributed by atoms with Gasteiger partial charge >= 0.3 is 0 Å². The molecule has 1 saturated carbocycles. The van der Waals surface area contributed by atoms with E-state index in [1.807, 2.05) is 0 Å². The maximum Gasteiger partial charge on any atom is 0.0653 e. The molecule has 16 heavy (non-hydrogen) atoms. The van der Waals surface area contributed by atoms with Crippen LogP contribution in [0.3, 0.4) is 0 Å². The molecule has 2 aliphatic carbocycles. The van der Waals surface area contributed by atoms with E-state index >= 15 is 0 Å². The lowest BCUT2D eigenvalue weighted by molar-refractivity contribution is -0.0807. The van der Waals surface area contributed by atoms with Gasteiger partial charge in [-0.1, -0.05) is 25.5 Å². The molecule has 0 amide bonds. The zero-order valence-electron chi connectivity index (χ0n) is 11.2. The van der Waals surface area contributed by atoms with Crippen LogP contribution >= 0.6 is 0 Å². The lowest BCUT2D eigenvalue weighted by Gasteiger charge is -2.49. The molecule has 1 fully saturated rings. The number of allylic oxidation sites excluding steroid dienone is 2. The SMILES string of the molecule is CC1=C[C@H]2[C@@H](CC1)[C@](C)(O)CC[C@H]2C(C)C. The van der Waals surface area contributed by atoms with Crippen molar-refractivity contribution in [2.75, 3.05) is 0 Å². The molecule has 0 heterocycles. The van der Waals surface area contributed by atoms with Gasteiger partial charge < -0.3 is 5.11 Å². The quantitative estimate of drug-likeness (QED) is 0.669. The number of rotatable bonds is 1. The second-order valence-electron chi connectivity index (χ2n) is 6.54. The highest BCUT2D eigenvalue weighted by atomic mass is 16.3. The summed E-state index contributed by atoms with van der Waals surface area (Å²) >= 11 is 0. The predicted molar refractivity (Wildman–Crippen MR) is 68.2 cm³/mol. The highest BCUT2D eigenvalue weighted by Crippen LogP contribution is 2.49. The maximum absolute atomic E-state index is 10.5. The fourth-order valence-corrected chi connectivity index (χ4v) is 3.87. The van der Waals surface area contributed by atoms with Crippen LogP contribution in [-0.2, 0) is 0 Å². The first-order valence-electron chi connectivity index (χ1n) is 6.81. The molecule has 0 aliphatic heterocycles. The molecule has 0 unspecified atom stereocenters. The van der Waals surface area contributed by atoms with Gasteiger partial charge in [0.2, 0.25) is 0 Å². The van der Waals surface area contributed by atoms with Crippen LogP contribution in [0.25, 0.3) is 0 Å². The normalized spacial score (nSPS) is 44.1. The summed E-state index contributed by atoms with van der Waals surface area (Å²) in [5.74, 6) is 2.64. The van der Waals surface area contributed by atoms with E-state index in [1.54, 1.807) is 0 Å². The Bertz CT molecular complexity index is 288. The molecule has 1 heteroatoms. The molecule has 0 aromatic rings. The second-order valence-corrected chi connectivity index (χ2v) is 6.54. The van der Waals surface area contributed by atoms with Crippen molar-refractivity contribution in [2.45, 2.75) is 59.0 Å². The molecule has 0 bridgehead atoms. The molecule has 2 aliphatic rings. The Balaban J connectivity index is 2.27. The van der Waals surface area contributed by atoms with E-state index < -0.39 is 5.60 Å². The zero-order valence-corrected chi connectivity index (χ0v) is 11.2. The Hall–Kier alpha value is -0.300. The van der Waals surface area contributed by atoms with Gasteiger partial charge in [0.05, 0.1) is 5.60 Å². The van der Waals surface area contributed by atoms with Gasteiger partial charge in [-0.3, -0.25) is 0 Å². The first kappa shape index (κ1) is 12.2. The van der Waals surface area contributed by atoms with Crippen LogP contribution in [0.4, 0.5) is 0 Å². The van der Waals surface area contributed by atoms with Gasteiger partial charge in [0.15, 0.2) is 0 Å². The molecule has 92 valence electrons. The second kappa shape index (κ2) is 4.18. The highest BCUT2D eigenvalue weighted by molar-refractivity contribution is 5.13. The molecular weight excluding hydrogens is 196 g/mol. The van der Waals surface area contributed by atoms with E-state index in [0.717, 1.165) is 18.3 Å². The van der Waals surface area contributed by atoms with Gasteiger partial charge in [-0.15, -0.1) is 0 Å². The highest BCUT2D eigenvalue weighted by Gasteiger charge is 2.46. The Morgan fingerprint density at radius 2 is 2.06 bits per heavy atom. The monoisotopic (exact) mass is 222 g/mol. The van der Waals surface area contributed by atoms with Crippen LogP contribution in [0.1, 0.15) is 53.4 Å². The van der Waals surface area contributed by atoms with E-state index in [2.05, 4.69) is 33.8 Å². The van der Waals surface area contributed by atoms with Gasteiger partial charge in [0.1, 0.15) is 0 Å². The van der Waals surface area contributed by atoms with E-state index in [0.29, 0.717) is 11.8 Å². The van der Waals surface area contributed by atoms with Crippen molar-refractivity contribution < 1.29 is 5.11 Å².